The van der Waals surface area contributed by atoms with E-state index in [9.17, 15) is 9.59 Å². The first-order valence-corrected chi connectivity index (χ1v) is 10.1. The highest BCUT2D eigenvalue weighted by atomic mass is 32.2. The first kappa shape index (κ1) is 18.4. The molecule has 0 radical (unpaired) electrons. The van der Waals surface area contributed by atoms with Gasteiger partial charge in [-0.3, -0.25) is 9.59 Å². The molecule has 0 aliphatic carbocycles. The molecule has 142 valence electrons. The van der Waals surface area contributed by atoms with Gasteiger partial charge in [0.1, 0.15) is 0 Å². The molecule has 0 saturated heterocycles. The molecule has 0 fully saturated rings. The van der Waals surface area contributed by atoms with Crippen LogP contribution in [0.25, 0.3) is 0 Å². The smallest absolute Gasteiger partial charge is 0.291 e. The number of amides is 2. The number of rotatable bonds is 5. The Labute approximate surface area is 167 Å². The highest BCUT2D eigenvalue weighted by Crippen LogP contribution is 2.34. The third-order valence-corrected chi connectivity index (χ3v) is 5.77. The number of benzene rings is 2. The van der Waals surface area contributed by atoms with Gasteiger partial charge in [-0.25, -0.2) is 0 Å². The van der Waals surface area contributed by atoms with Gasteiger partial charge in [-0.15, -0.1) is 11.8 Å². The van der Waals surface area contributed by atoms with Crippen molar-refractivity contribution in [3.63, 3.8) is 0 Å². The Bertz CT molecular complexity index is 1000. The van der Waals surface area contributed by atoms with Crippen molar-refractivity contribution in [2.75, 3.05) is 16.0 Å². The summed E-state index contributed by atoms with van der Waals surface area (Å²) < 4.78 is 5.14. The highest BCUT2D eigenvalue weighted by Gasteiger charge is 2.30. The number of hydrogen-bond donors (Lipinski definition) is 1. The molecule has 0 saturated carbocycles. The molecule has 1 aliphatic rings. The number of furan rings is 1. The van der Waals surface area contributed by atoms with Crippen LogP contribution in [0.2, 0.25) is 0 Å². The van der Waals surface area contributed by atoms with E-state index in [1.54, 1.807) is 12.1 Å². The van der Waals surface area contributed by atoms with Gasteiger partial charge >= 0.3 is 0 Å². The zero-order valence-electron chi connectivity index (χ0n) is 15.4. The molecule has 1 atom stereocenters. The van der Waals surface area contributed by atoms with E-state index in [1.807, 2.05) is 47.4 Å². The Morgan fingerprint density at radius 2 is 1.89 bits per heavy atom. The van der Waals surface area contributed by atoms with Gasteiger partial charge in [0, 0.05) is 16.6 Å². The summed E-state index contributed by atoms with van der Waals surface area (Å²) in [6, 6.07) is 18.9. The molecule has 2 amide bonds. The van der Waals surface area contributed by atoms with Crippen molar-refractivity contribution < 1.29 is 14.0 Å². The SMILES string of the molecule is CC1Cc2ccccc2N1C(=O)CSc1ccccc1NC(=O)c1ccco1. The van der Waals surface area contributed by atoms with Crippen LogP contribution in [0.5, 0.6) is 0 Å². The second kappa shape index (κ2) is 7.94. The summed E-state index contributed by atoms with van der Waals surface area (Å²) in [5.41, 5.74) is 2.87. The molecular weight excluding hydrogens is 372 g/mol. The first-order valence-electron chi connectivity index (χ1n) is 9.10. The van der Waals surface area contributed by atoms with Crippen LogP contribution < -0.4 is 10.2 Å². The van der Waals surface area contributed by atoms with Crippen LogP contribution >= 0.6 is 11.8 Å². The van der Waals surface area contributed by atoms with Crippen LogP contribution in [0, 0.1) is 0 Å². The van der Waals surface area contributed by atoms with Crippen LogP contribution in [0.15, 0.2) is 76.2 Å². The van der Waals surface area contributed by atoms with E-state index in [0.29, 0.717) is 11.4 Å². The summed E-state index contributed by atoms with van der Waals surface area (Å²) in [7, 11) is 0. The molecule has 2 aromatic carbocycles. The average molecular weight is 392 g/mol. The van der Waals surface area contributed by atoms with Gasteiger partial charge in [-0.2, -0.15) is 0 Å². The van der Waals surface area contributed by atoms with Gasteiger partial charge in [0.05, 0.1) is 17.7 Å². The zero-order chi connectivity index (χ0) is 19.5. The van der Waals surface area contributed by atoms with Crippen LogP contribution in [0.1, 0.15) is 23.0 Å². The topological polar surface area (TPSA) is 62.6 Å². The van der Waals surface area contributed by atoms with E-state index in [0.717, 1.165) is 17.0 Å². The third-order valence-electron chi connectivity index (χ3n) is 4.71. The Hall–Kier alpha value is -2.99. The largest absolute Gasteiger partial charge is 0.459 e. The number of thioether (sulfide) groups is 1. The molecule has 1 N–H and O–H groups in total. The molecule has 6 heteroatoms. The second-order valence-corrected chi connectivity index (χ2v) is 7.68. The summed E-state index contributed by atoms with van der Waals surface area (Å²) >= 11 is 1.42. The normalized spacial score (nSPS) is 15.3. The van der Waals surface area contributed by atoms with Crippen LogP contribution in [-0.4, -0.2) is 23.6 Å². The van der Waals surface area contributed by atoms with Crippen molar-refractivity contribution in [1.82, 2.24) is 0 Å². The maximum atomic E-state index is 12.9. The van der Waals surface area contributed by atoms with Crippen LogP contribution in [-0.2, 0) is 11.2 Å². The zero-order valence-corrected chi connectivity index (χ0v) is 16.2. The molecule has 1 aliphatic heterocycles. The van der Waals surface area contributed by atoms with Gasteiger partial charge in [0.15, 0.2) is 5.76 Å². The molecular formula is C22H20N2O3S. The molecule has 0 bridgehead atoms. The van der Waals surface area contributed by atoms with E-state index >= 15 is 0 Å². The second-order valence-electron chi connectivity index (χ2n) is 6.66. The number of para-hydroxylation sites is 2. The van der Waals surface area contributed by atoms with Crippen molar-refractivity contribution in [1.29, 1.82) is 0 Å². The van der Waals surface area contributed by atoms with E-state index in [2.05, 4.69) is 18.3 Å². The lowest BCUT2D eigenvalue weighted by Gasteiger charge is -2.22. The summed E-state index contributed by atoms with van der Waals surface area (Å²) in [6.45, 7) is 2.07. The molecule has 3 aromatic rings. The predicted molar refractivity (Wildman–Crippen MR) is 111 cm³/mol. The number of hydrogen-bond acceptors (Lipinski definition) is 4. The minimum atomic E-state index is -0.313. The lowest BCUT2D eigenvalue weighted by atomic mass is 10.1. The lowest BCUT2D eigenvalue weighted by molar-refractivity contribution is -0.116. The minimum absolute atomic E-state index is 0.0645. The maximum Gasteiger partial charge on any atom is 0.291 e. The number of anilines is 2. The third kappa shape index (κ3) is 3.68. The average Bonchev–Trinajstić information content (AvgIpc) is 3.34. The number of fused-ring (bicyclic) bond motifs is 1. The van der Waals surface area contributed by atoms with Gasteiger partial charge in [-0.05, 0) is 49.2 Å². The van der Waals surface area contributed by atoms with Crippen LogP contribution in [0.3, 0.4) is 0 Å². The van der Waals surface area contributed by atoms with E-state index in [-0.39, 0.29) is 23.6 Å². The summed E-state index contributed by atoms with van der Waals surface area (Å²) in [4.78, 5) is 27.9. The number of nitrogens with zero attached hydrogens (tertiary/aromatic N) is 1. The first-order chi connectivity index (χ1) is 13.6. The Kier molecular flexibility index (Phi) is 5.21. The fraction of sp³-hybridized carbons (Fsp3) is 0.182. The van der Waals surface area contributed by atoms with Gasteiger partial charge in [0.25, 0.3) is 5.91 Å². The van der Waals surface area contributed by atoms with Crippen molar-refractivity contribution in [2.24, 2.45) is 0 Å². The Morgan fingerprint density at radius 1 is 1.11 bits per heavy atom. The summed E-state index contributed by atoms with van der Waals surface area (Å²) in [5.74, 6) is 0.297. The molecule has 2 heterocycles. The number of carbonyl (C=O) groups is 2. The molecule has 28 heavy (non-hydrogen) atoms. The molecule has 0 spiro atoms. The maximum absolute atomic E-state index is 12.9. The minimum Gasteiger partial charge on any atom is -0.459 e. The monoisotopic (exact) mass is 392 g/mol. The fourth-order valence-electron chi connectivity index (χ4n) is 3.44. The summed E-state index contributed by atoms with van der Waals surface area (Å²) in [5, 5.41) is 2.85. The van der Waals surface area contributed by atoms with Crippen molar-refractivity contribution in [2.45, 2.75) is 24.3 Å². The standard InChI is InChI=1S/C22H20N2O3S/c1-15-13-16-7-2-4-9-18(16)24(15)21(25)14-28-20-11-5-3-8-17(20)23-22(26)19-10-6-12-27-19/h2-12,15H,13-14H2,1H3,(H,23,26). The number of nitrogens with one attached hydrogen (secondary N) is 1. The fourth-order valence-corrected chi connectivity index (χ4v) is 4.31. The lowest BCUT2D eigenvalue weighted by Crippen LogP contribution is -2.36. The summed E-state index contributed by atoms with van der Waals surface area (Å²) in [6.07, 6.45) is 2.34. The predicted octanol–water partition coefficient (Wildman–Crippen LogP) is 4.60. The van der Waals surface area contributed by atoms with Crippen molar-refractivity contribution in [3.05, 3.63) is 78.3 Å². The van der Waals surface area contributed by atoms with Crippen molar-refractivity contribution >= 4 is 35.0 Å². The van der Waals surface area contributed by atoms with Crippen molar-refractivity contribution in [3.8, 4) is 0 Å². The quantitative estimate of drug-likeness (QED) is 0.645. The van der Waals surface area contributed by atoms with Gasteiger partial charge in [-0.1, -0.05) is 30.3 Å². The van der Waals surface area contributed by atoms with E-state index in [4.69, 9.17) is 4.42 Å². The molecule has 1 unspecified atom stereocenters. The highest BCUT2D eigenvalue weighted by molar-refractivity contribution is 8.00. The van der Waals surface area contributed by atoms with E-state index < -0.39 is 0 Å². The molecule has 5 nitrogen and oxygen atoms in total. The number of carbonyl (C=O) groups excluding carboxylic acids is 2. The van der Waals surface area contributed by atoms with E-state index in [1.165, 1.54) is 23.6 Å². The molecule has 4 rings (SSSR count). The van der Waals surface area contributed by atoms with Gasteiger partial charge in [0.2, 0.25) is 5.91 Å². The molecule has 1 aromatic heterocycles. The Morgan fingerprint density at radius 3 is 2.71 bits per heavy atom. The van der Waals surface area contributed by atoms with Gasteiger partial charge < -0.3 is 14.6 Å². The van der Waals surface area contributed by atoms with Crippen LogP contribution in [0.4, 0.5) is 11.4 Å². The Balaban J connectivity index is 1.45.